The standard InChI is InChI=1S/C22H20N2O4/c25-19(12-14-24-21(27)16-9-4-5-10-17(16)22(24)28)23-13-6-11-18(23)20(26)15-7-2-1-3-8-15/h1-5,7-10,18H,6,11-14H2. The molecular formula is C22H20N2O4. The van der Waals surface area contributed by atoms with Crippen molar-refractivity contribution >= 4 is 23.5 Å². The minimum Gasteiger partial charge on any atom is -0.332 e. The van der Waals surface area contributed by atoms with Crippen molar-refractivity contribution in [3.05, 3.63) is 71.3 Å². The maximum absolute atomic E-state index is 12.8. The zero-order chi connectivity index (χ0) is 19.7. The zero-order valence-electron chi connectivity index (χ0n) is 15.3. The second-order valence-electron chi connectivity index (χ2n) is 7.03. The molecule has 1 unspecified atom stereocenters. The number of imide groups is 1. The largest absolute Gasteiger partial charge is 0.332 e. The number of hydrogen-bond acceptors (Lipinski definition) is 4. The molecule has 0 bridgehead atoms. The van der Waals surface area contributed by atoms with Crippen LogP contribution >= 0.6 is 0 Å². The van der Waals surface area contributed by atoms with E-state index in [1.54, 1.807) is 53.4 Å². The van der Waals surface area contributed by atoms with Crippen molar-refractivity contribution in [3.8, 4) is 0 Å². The molecule has 2 aromatic carbocycles. The number of hydrogen-bond donors (Lipinski definition) is 0. The number of likely N-dealkylation sites (tertiary alicyclic amines) is 1. The van der Waals surface area contributed by atoms with E-state index >= 15 is 0 Å². The van der Waals surface area contributed by atoms with Crippen LogP contribution in [0.2, 0.25) is 0 Å². The molecular weight excluding hydrogens is 356 g/mol. The fraction of sp³-hybridized carbons (Fsp3) is 0.273. The van der Waals surface area contributed by atoms with Crippen LogP contribution in [0.1, 0.15) is 50.3 Å². The van der Waals surface area contributed by atoms with Crippen LogP contribution < -0.4 is 0 Å². The molecule has 2 aliphatic heterocycles. The van der Waals surface area contributed by atoms with Crippen molar-refractivity contribution < 1.29 is 19.2 Å². The maximum Gasteiger partial charge on any atom is 0.261 e. The Hall–Kier alpha value is -3.28. The zero-order valence-corrected chi connectivity index (χ0v) is 15.3. The molecule has 1 atom stereocenters. The predicted molar refractivity (Wildman–Crippen MR) is 102 cm³/mol. The second kappa shape index (κ2) is 7.38. The molecule has 142 valence electrons. The van der Waals surface area contributed by atoms with E-state index in [4.69, 9.17) is 0 Å². The normalized spacial score (nSPS) is 18.5. The van der Waals surface area contributed by atoms with E-state index in [-0.39, 0.29) is 36.5 Å². The highest BCUT2D eigenvalue weighted by Crippen LogP contribution is 2.25. The molecule has 0 spiro atoms. The van der Waals surface area contributed by atoms with E-state index in [0.29, 0.717) is 29.7 Å². The van der Waals surface area contributed by atoms with Gasteiger partial charge in [-0.25, -0.2) is 0 Å². The summed E-state index contributed by atoms with van der Waals surface area (Å²) in [6.45, 7) is 0.540. The summed E-state index contributed by atoms with van der Waals surface area (Å²) in [7, 11) is 0. The number of fused-ring (bicyclic) bond motifs is 1. The van der Waals surface area contributed by atoms with Crippen LogP contribution in [0.3, 0.4) is 0 Å². The van der Waals surface area contributed by atoms with Crippen molar-refractivity contribution in [2.45, 2.75) is 25.3 Å². The number of ketones is 1. The summed E-state index contributed by atoms with van der Waals surface area (Å²) in [6, 6.07) is 15.1. The first-order chi connectivity index (χ1) is 13.6. The average Bonchev–Trinajstić information content (AvgIpc) is 3.31. The molecule has 1 fully saturated rings. The molecule has 0 radical (unpaired) electrons. The molecule has 0 aromatic heterocycles. The Bertz CT molecular complexity index is 919. The molecule has 2 aliphatic rings. The Morgan fingerprint density at radius 3 is 2.14 bits per heavy atom. The van der Waals surface area contributed by atoms with Gasteiger partial charge in [-0.3, -0.25) is 24.1 Å². The number of amides is 3. The molecule has 6 nitrogen and oxygen atoms in total. The molecule has 2 aromatic rings. The van der Waals surface area contributed by atoms with Gasteiger partial charge in [0.25, 0.3) is 11.8 Å². The number of benzene rings is 2. The summed E-state index contributed by atoms with van der Waals surface area (Å²) in [4.78, 5) is 53.1. The molecule has 1 saturated heterocycles. The van der Waals surface area contributed by atoms with Gasteiger partial charge in [-0.15, -0.1) is 0 Å². The number of Topliss-reactive ketones (excluding diaryl/α,β-unsaturated/α-hetero) is 1. The Labute approximate surface area is 162 Å². The van der Waals surface area contributed by atoms with E-state index < -0.39 is 6.04 Å². The second-order valence-corrected chi connectivity index (χ2v) is 7.03. The van der Waals surface area contributed by atoms with Crippen molar-refractivity contribution in [2.24, 2.45) is 0 Å². The van der Waals surface area contributed by atoms with Gasteiger partial charge in [0, 0.05) is 25.1 Å². The van der Waals surface area contributed by atoms with E-state index in [2.05, 4.69) is 0 Å². The van der Waals surface area contributed by atoms with Gasteiger partial charge in [-0.1, -0.05) is 42.5 Å². The lowest BCUT2D eigenvalue weighted by Gasteiger charge is -2.24. The van der Waals surface area contributed by atoms with E-state index in [0.717, 1.165) is 11.3 Å². The highest BCUT2D eigenvalue weighted by molar-refractivity contribution is 6.21. The quantitative estimate of drug-likeness (QED) is 0.594. The Kier molecular flexibility index (Phi) is 4.77. The summed E-state index contributed by atoms with van der Waals surface area (Å²) < 4.78 is 0. The van der Waals surface area contributed by atoms with Crippen LogP contribution in [-0.4, -0.2) is 52.4 Å². The van der Waals surface area contributed by atoms with Crippen molar-refractivity contribution in [2.75, 3.05) is 13.1 Å². The average molecular weight is 376 g/mol. The molecule has 0 aliphatic carbocycles. The summed E-state index contributed by atoms with van der Waals surface area (Å²) in [5.74, 6) is -1.01. The van der Waals surface area contributed by atoms with Gasteiger partial charge in [0.15, 0.2) is 5.78 Å². The number of rotatable bonds is 5. The first kappa shape index (κ1) is 18.1. The van der Waals surface area contributed by atoms with Gasteiger partial charge in [0.2, 0.25) is 5.91 Å². The highest BCUT2D eigenvalue weighted by atomic mass is 16.2. The van der Waals surface area contributed by atoms with E-state index in [1.165, 1.54) is 0 Å². The number of carbonyl (C=O) groups excluding carboxylic acids is 4. The Balaban J connectivity index is 1.42. The van der Waals surface area contributed by atoms with Gasteiger partial charge in [0.1, 0.15) is 0 Å². The van der Waals surface area contributed by atoms with Crippen molar-refractivity contribution in [1.29, 1.82) is 0 Å². The summed E-state index contributed by atoms with van der Waals surface area (Å²) in [5.41, 5.74) is 1.34. The van der Waals surface area contributed by atoms with Crippen molar-refractivity contribution in [1.82, 2.24) is 9.80 Å². The number of nitrogens with zero attached hydrogens (tertiary/aromatic N) is 2. The van der Waals surface area contributed by atoms with Gasteiger partial charge in [-0.05, 0) is 25.0 Å². The van der Waals surface area contributed by atoms with Crippen LogP contribution in [0.15, 0.2) is 54.6 Å². The summed E-state index contributed by atoms with van der Waals surface area (Å²) >= 11 is 0. The maximum atomic E-state index is 12.8. The lowest BCUT2D eigenvalue weighted by Crippen LogP contribution is -2.42. The molecule has 4 rings (SSSR count). The van der Waals surface area contributed by atoms with Crippen LogP contribution in [0.4, 0.5) is 0 Å². The van der Waals surface area contributed by atoms with Crippen LogP contribution in [0, 0.1) is 0 Å². The van der Waals surface area contributed by atoms with Gasteiger partial charge >= 0.3 is 0 Å². The topological polar surface area (TPSA) is 74.8 Å². The van der Waals surface area contributed by atoms with Crippen molar-refractivity contribution in [3.63, 3.8) is 0 Å². The molecule has 0 N–H and O–H groups in total. The van der Waals surface area contributed by atoms with Gasteiger partial charge in [0.05, 0.1) is 17.2 Å². The fourth-order valence-electron chi connectivity index (χ4n) is 3.93. The lowest BCUT2D eigenvalue weighted by atomic mass is 10.0. The highest BCUT2D eigenvalue weighted by Gasteiger charge is 2.37. The minimum atomic E-state index is -0.475. The summed E-state index contributed by atoms with van der Waals surface area (Å²) in [5, 5.41) is 0. The van der Waals surface area contributed by atoms with Crippen LogP contribution in [-0.2, 0) is 4.79 Å². The molecule has 6 heteroatoms. The van der Waals surface area contributed by atoms with E-state index in [9.17, 15) is 19.2 Å². The minimum absolute atomic E-state index is 0.0179. The molecule has 2 heterocycles. The first-order valence-corrected chi connectivity index (χ1v) is 9.42. The van der Waals surface area contributed by atoms with Gasteiger partial charge in [-0.2, -0.15) is 0 Å². The smallest absolute Gasteiger partial charge is 0.261 e. The third kappa shape index (κ3) is 3.11. The van der Waals surface area contributed by atoms with Crippen LogP contribution in [0.5, 0.6) is 0 Å². The number of carbonyl (C=O) groups is 4. The molecule has 0 saturated carbocycles. The van der Waals surface area contributed by atoms with Gasteiger partial charge < -0.3 is 4.90 Å². The third-order valence-corrected chi connectivity index (χ3v) is 5.36. The predicted octanol–water partition coefficient (Wildman–Crippen LogP) is 2.55. The first-order valence-electron chi connectivity index (χ1n) is 9.42. The third-order valence-electron chi connectivity index (χ3n) is 5.36. The van der Waals surface area contributed by atoms with E-state index in [1.807, 2.05) is 6.07 Å². The monoisotopic (exact) mass is 376 g/mol. The Morgan fingerprint density at radius 2 is 1.50 bits per heavy atom. The lowest BCUT2D eigenvalue weighted by molar-refractivity contribution is -0.131. The SMILES string of the molecule is O=C(c1ccccc1)C1CCCN1C(=O)CCN1C(=O)c2ccccc2C1=O. The fourth-order valence-corrected chi connectivity index (χ4v) is 3.93. The molecule has 28 heavy (non-hydrogen) atoms. The molecule has 3 amide bonds. The Morgan fingerprint density at radius 1 is 0.893 bits per heavy atom. The van der Waals surface area contributed by atoms with Crippen LogP contribution in [0.25, 0.3) is 0 Å². The summed E-state index contributed by atoms with van der Waals surface area (Å²) in [6.07, 6.45) is 1.42.